The number of carbonyl (C=O) groups excluding carboxylic acids is 1. The van der Waals surface area contributed by atoms with E-state index in [4.69, 9.17) is 5.73 Å². The van der Waals surface area contributed by atoms with Crippen LogP contribution in [0.1, 0.15) is 43.2 Å². The molecule has 94 valence electrons. The number of rotatable bonds is 2. The first-order valence-corrected chi connectivity index (χ1v) is 6.31. The van der Waals surface area contributed by atoms with Crippen molar-refractivity contribution in [1.29, 1.82) is 0 Å². The minimum atomic E-state index is 0.110. The fourth-order valence-corrected chi connectivity index (χ4v) is 2.38. The van der Waals surface area contributed by atoms with Crippen molar-refractivity contribution in [2.45, 2.75) is 38.8 Å². The highest BCUT2D eigenvalue weighted by Gasteiger charge is 2.24. The third-order valence-corrected chi connectivity index (χ3v) is 3.30. The van der Waals surface area contributed by atoms with E-state index in [1.165, 1.54) is 0 Å². The molecule has 2 rings (SSSR count). The van der Waals surface area contributed by atoms with Gasteiger partial charge in [0, 0.05) is 31.4 Å². The lowest BCUT2D eigenvalue weighted by atomic mass is 10.1. The molecule has 2 N–H and O–H groups in total. The SMILES string of the molecule is CC(C)n1cccc1C(=O)N1CCC[C@@H](N)C1. The number of amides is 1. The second-order valence-electron chi connectivity index (χ2n) is 5.05. The van der Waals surface area contributed by atoms with Gasteiger partial charge >= 0.3 is 0 Å². The first-order chi connectivity index (χ1) is 8.09. The van der Waals surface area contributed by atoms with E-state index in [-0.39, 0.29) is 11.9 Å². The summed E-state index contributed by atoms with van der Waals surface area (Å²) in [5.41, 5.74) is 6.69. The molecule has 0 bridgehead atoms. The van der Waals surface area contributed by atoms with Crippen LogP contribution in [0.5, 0.6) is 0 Å². The van der Waals surface area contributed by atoms with Gasteiger partial charge in [0.05, 0.1) is 0 Å². The van der Waals surface area contributed by atoms with Crippen LogP contribution < -0.4 is 5.73 Å². The van der Waals surface area contributed by atoms with Crippen LogP contribution in [0.4, 0.5) is 0 Å². The van der Waals surface area contributed by atoms with Crippen molar-refractivity contribution < 1.29 is 4.79 Å². The average Bonchev–Trinajstić information content (AvgIpc) is 2.77. The molecule has 1 aliphatic heterocycles. The fourth-order valence-electron chi connectivity index (χ4n) is 2.38. The van der Waals surface area contributed by atoms with Crippen LogP contribution in [-0.4, -0.2) is 34.5 Å². The highest BCUT2D eigenvalue weighted by molar-refractivity contribution is 5.93. The van der Waals surface area contributed by atoms with Crippen molar-refractivity contribution in [2.75, 3.05) is 13.1 Å². The molecule has 0 saturated carbocycles. The fraction of sp³-hybridized carbons (Fsp3) is 0.615. The molecular weight excluding hydrogens is 214 g/mol. The molecule has 1 aliphatic rings. The van der Waals surface area contributed by atoms with Crippen LogP contribution in [0.2, 0.25) is 0 Å². The predicted octanol–water partition coefficient (Wildman–Crippen LogP) is 1.63. The number of nitrogens with two attached hydrogens (primary N) is 1. The molecule has 17 heavy (non-hydrogen) atoms. The normalized spacial score (nSPS) is 20.9. The number of hydrogen-bond donors (Lipinski definition) is 1. The smallest absolute Gasteiger partial charge is 0.270 e. The summed E-state index contributed by atoms with van der Waals surface area (Å²) >= 11 is 0. The second kappa shape index (κ2) is 4.92. The summed E-state index contributed by atoms with van der Waals surface area (Å²) in [7, 11) is 0. The Bertz CT molecular complexity index is 397. The quantitative estimate of drug-likeness (QED) is 0.847. The topological polar surface area (TPSA) is 51.3 Å². The first-order valence-electron chi connectivity index (χ1n) is 6.31. The molecule has 0 aromatic carbocycles. The molecule has 1 aromatic rings. The molecule has 1 atom stereocenters. The maximum absolute atomic E-state index is 12.4. The van der Waals surface area contributed by atoms with Gasteiger partial charge in [-0.05, 0) is 38.8 Å². The van der Waals surface area contributed by atoms with Crippen LogP contribution in [0.3, 0.4) is 0 Å². The van der Waals surface area contributed by atoms with Gasteiger partial charge in [-0.3, -0.25) is 4.79 Å². The Labute approximate surface area is 102 Å². The van der Waals surface area contributed by atoms with Crippen LogP contribution >= 0.6 is 0 Å². The van der Waals surface area contributed by atoms with Gasteiger partial charge < -0.3 is 15.2 Å². The molecular formula is C13H21N3O. The first kappa shape index (κ1) is 12.2. The van der Waals surface area contributed by atoms with Gasteiger partial charge in [-0.25, -0.2) is 0 Å². The predicted molar refractivity (Wildman–Crippen MR) is 67.9 cm³/mol. The zero-order valence-electron chi connectivity index (χ0n) is 10.6. The van der Waals surface area contributed by atoms with Crippen LogP contribution in [-0.2, 0) is 0 Å². The molecule has 0 unspecified atom stereocenters. The van der Waals surface area contributed by atoms with Crippen LogP contribution in [0.25, 0.3) is 0 Å². The molecule has 2 heterocycles. The second-order valence-corrected chi connectivity index (χ2v) is 5.05. The summed E-state index contributed by atoms with van der Waals surface area (Å²) < 4.78 is 2.02. The Morgan fingerprint density at radius 3 is 2.94 bits per heavy atom. The van der Waals surface area contributed by atoms with E-state index in [0.29, 0.717) is 12.6 Å². The van der Waals surface area contributed by atoms with Crippen molar-refractivity contribution in [2.24, 2.45) is 5.73 Å². The summed E-state index contributed by atoms with van der Waals surface area (Å²) in [4.78, 5) is 14.3. The van der Waals surface area contributed by atoms with E-state index in [1.807, 2.05) is 27.8 Å². The monoisotopic (exact) mass is 235 g/mol. The Kier molecular flexibility index (Phi) is 3.52. The Balaban J connectivity index is 2.16. The summed E-state index contributed by atoms with van der Waals surface area (Å²) in [5, 5.41) is 0. The Hall–Kier alpha value is -1.29. The largest absolute Gasteiger partial charge is 0.341 e. The number of piperidine rings is 1. The highest BCUT2D eigenvalue weighted by Crippen LogP contribution is 2.16. The molecule has 1 amide bonds. The minimum Gasteiger partial charge on any atom is -0.341 e. The van der Waals surface area contributed by atoms with E-state index in [1.54, 1.807) is 0 Å². The van der Waals surface area contributed by atoms with Crippen LogP contribution in [0.15, 0.2) is 18.3 Å². The van der Waals surface area contributed by atoms with Crippen molar-refractivity contribution >= 4 is 5.91 Å². The maximum atomic E-state index is 12.4. The standard InChI is InChI=1S/C13H21N3O/c1-10(2)16-8-4-6-12(16)13(17)15-7-3-5-11(14)9-15/h4,6,8,10-11H,3,5,7,9,14H2,1-2H3/t11-/m1/s1. The van der Waals surface area contributed by atoms with Gasteiger partial charge in [0.2, 0.25) is 0 Å². The lowest BCUT2D eigenvalue weighted by molar-refractivity contribution is 0.0696. The van der Waals surface area contributed by atoms with E-state index >= 15 is 0 Å². The summed E-state index contributed by atoms with van der Waals surface area (Å²) in [6.45, 7) is 5.68. The zero-order chi connectivity index (χ0) is 12.4. The van der Waals surface area contributed by atoms with Gasteiger partial charge in [0.25, 0.3) is 5.91 Å². The van der Waals surface area contributed by atoms with Crippen molar-refractivity contribution in [3.63, 3.8) is 0 Å². The minimum absolute atomic E-state index is 0.110. The molecule has 0 aliphatic carbocycles. The number of aromatic nitrogens is 1. The van der Waals surface area contributed by atoms with Crippen molar-refractivity contribution in [3.8, 4) is 0 Å². The summed E-state index contributed by atoms with van der Waals surface area (Å²) in [5.74, 6) is 0.110. The van der Waals surface area contributed by atoms with Gasteiger partial charge in [-0.2, -0.15) is 0 Å². The van der Waals surface area contributed by atoms with Crippen LogP contribution in [0, 0.1) is 0 Å². The maximum Gasteiger partial charge on any atom is 0.270 e. The van der Waals surface area contributed by atoms with E-state index in [0.717, 1.165) is 25.1 Å². The highest BCUT2D eigenvalue weighted by atomic mass is 16.2. The number of nitrogens with zero attached hydrogens (tertiary/aromatic N) is 2. The zero-order valence-corrected chi connectivity index (χ0v) is 10.6. The third kappa shape index (κ3) is 2.52. The van der Waals surface area contributed by atoms with Gasteiger partial charge in [0.1, 0.15) is 5.69 Å². The molecule has 4 nitrogen and oxygen atoms in total. The Morgan fingerprint density at radius 2 is 2.29 bits per heavy atom. The molecule has 4 heteroatoms. The average molecular weight is 235 g/mol. The molecule has 0 radical (unpaired) electrons. The molecule has 1 saturated heterocycles. The van der Waals surface area contributed by atoms with E-state index in [2.05, 4.69) is 13.8 Å². The summed E-state index contributed by atoms with van der Waals surface area (Å²) in [6.07, 6.45) is 3.99. The van der Waals surface area contributed by atoms with E-state index in [9.17, 15) is 4.79 Å². The lowest BCUT2D eigenvalue weighted by Gasteiger charge is -2.31. The van der Waals surface area contributed by atoms with Gasteiger partial charge in [-0.15, -0.1) is 0 Å². The number of hydrogen-bond acceptors (Lipinski definition) is 2. The lowest BCUT2D eigenvalue weighted by Crippen LogP contribution is -2.46. The van der Waals surface area contributed by atoms with Crippen molar-refractivity contribution in [1.82, 2.24) is 9.47 Å². The number of likely N-dealkylation sites (tertiary alicyclic amines) is 1. The molecule has 1 fully saturated rings. The number of carbonyl (C=O) groups is 1. The molecule has 0 spiro atoms. The Morgan fingerprint density at radius 1 is 1.53 bits per heavy atom. The third-order valence-electron chi connectivity index (χ3n) is 3.30. The van der Waals surface area contributed by atoms with Crippen molar-refractivity contribution in [3.05, 3.63) is 24.0 Å². The summed E-state index contributed by atoms with van der Waals surface area (Å²) in [6, 6.07) is 4.26. The van der Waals surface area contributed by atoms with Gasteiger partial charge in [-0.1, -0.05) is 0 Å². The van der Waals surface area contributed by atoms with E-state index < -0.39 is 0 Å². The van der Waals surface area contributed by atoms with Gasteiger partial charge in [0.15, 0.2) is 0 Å². The molecule has 1 aromatic heterocycles.